The molecule has 0 saturated carbocycles. The number of hydrogen-bond acceptors (Lipinski definition) is 4. The van der Waals surface area contributed by atoms with Gasteiger partial charge in [-0.25, -0.2) is 9.07 Å². The number of aromatic nitrogens is 3. The molecule has 1 aromatic heterocycles. The minimum absolute atomic E-state index is 0.215. The molecule has 7 heteroatoms. The Morgan fingerprint density at radius 3 is 2.89 bits per heavy atom. The quantitative estimate of drug-likeness (QED) is 0.767. The van der Waals surface area contributed by atoms with Crippen molar-refractivity contribution in [2.45, 2.75) is 32.6 Å². The zero-order valence-corrected chi connectivity index (χ0v) is 14.9. The summed E-state index contributed by atoms with van der Waals surface area (Å²) in [6.07, 6.45) is 0.640. The van der Waals surface area contributed by atoms with Crippen molar-refractivity contribution in [1.29, 1.82) is 0 Å². The molecule has 1 aliphatic rings. The SMILES string of the molecule is CCc1cccc(NC(=O)c2nnn3c2CO[C@H](c2ccc(F)cc2)C3)c1. The molecule has 0 saturated heterocycles. The molecule has 0 fully saturated rings. The van der Waals surface area contributed by atoms with Crippen LogP contribution in [0.3, 0.4) is 0 Å². The average molecular weight is 366 g/mol. The number of ether oxygens (including phenoxy) is 1. The molecule has 0 bridgehead atoms. The summed E-state index contributed by atoms with van der Waals surface area (Å²) in [6, 6.07) is 13.9. The fourth-order valence-electron chi connectivity index (χ4n) is 3.13. The fraction of sp³-hybridized carbons (Fsp3) is 0.250. The van der Waals surface area contributed by atoms with Crippen LogP contribution in [-0.2, 0) is 24.3 Å². The first-order chi connectivity index (χ1) is 13.1. The summed E-state index contributed by atoms with van der Waals surface area (Å²) in [4.78, 5) is 12.6. The molecule has 2 aromatic carbocycles. The number of carbonyl (C=O) groups is 1. The van der Waals surface area contributed by atoms with Crippen LogP contribution in [0.1, 0.15) is 40.3 Å². The first-order valence-corrected chi connectivity index (χ1v) is 8.83. The van der Waals surface area contributed by atoms with Gasteiger partial charge in [-0.3, -0.25) is 4.79 Å². The van der Waals surface area contributed by atoms with E-state index >= 15 is 0 Å². The summed E-state index contributed by atoms with van der Waals surface area (Å²) < 4.78 is 20.6. The molecule has 0 aliphatic carbocycles. The second-order valence-electron chi connectivity index (χ2n) is 6.43. The minimum Gasteiger partial charge on any atom is -0.365 e. The number of benzene rings is 2. The van der Waals surface area contributed by atoms with Crippen molar-refractivity contribution in [1.82, 2.24) is 15.0 Å². The first kappa shape index (κ1) is 17.4. The van der Waals surface area contributed by atoms with E-state index in [9.17, 15) is 9.18 Å². The van der Waals surface area contributed by atoms with Crippen LogP contribution < -0.4 is 5.32 Å². The van der Waals surface area contributed by atoms with Crippen LogP contribution in [0.2, 0.25) is 0 Å². The van der Waals surface area contributed by atoms with E-state index < -0.39 is 0 Å². The summed E-state index contributed by atoms with van der Waals surface area (Å²) in [5.74, 6) is -0.601. The number of fused-ring (bicyclic) bond motifs is 1. The lowest BCUT2D eigenvalue weighted by Gasteiger charge is -2.24. The van der Waals surface area contributed by atoms with E-state index in [2.05, 4.69) is 22.6 Å². The van der Waals surface area contributed by atoms with Crippen molar-refractivity contribution in [2.75, 3.05) is 5.32 Å². The lowest BCUT2D eigenvalue weighted by molar-refractivity contribution is -0.00174. The highest BCUT2D eigenvalue weighted by Crippen LogP contribution is 2.27. The smallest absolute Gasteiger partial charge is 0.278 e. The summed E-state index contributed by atoms with van der Waals surface area (Å²) in [5, 5.41) is 11.0. The summed E-state index contributed by atoms with van der Waals surface area (Å²) in [7, 11) is 0. The number of aryl methyl sites for hydroxylation is 1. The molecule has 0 radical (unpaired) electrons. The van der Waals surface area contributed by atoms with Crippen LogP contribution >= 0.6 is 0 Å². The molecular formula is C20H19FN4O2. The number of carbonyl (C=O) groups excluding carboxylic acids is 1. The number of hydrogen-bond donors (Lipinski definition) is 1. The summed E-state index contributed by atoms with van der Waals surface area (Å²) in [5.41, 5.74) is 3.62. The van der Waals surface area contributed by atoms with E-state index in [0.717, 1.165) is 23.2 Å². The predicted molar refractivity (Wildman–Crippen MR) is 97.7 cm³/mol. The van der Waals surface area contributed by atoms with Crippen molar-refractivity contribution < 1.29 is 13.9 Å². The molecule has 0 unspecified atom stereocenters. The highest BCUT2D eigenvalue weighted by Gasteiger charge is 2.27. The Labute approximate surface area is 156 Å². The molecule has 27 heavy (non-hydrogen) atoms. The van der Waals surface area contributed by atoms with E-state index in [1.54, 1.807) is 16.8 Å². The Bertz CT molecular complexity index is 968. The van der Waals surface area contributed by atoms with Crippen LogP contribution in [0, 0.1) is 5.82 Å². The predicted octanol–water partition coefficient (Wildman–Crippen LogP) is 3.50. The number of halogens is 1. The molecule has 6 nitrogen and oxygen atoms in total. The van der Waals surface area contributed by atoms with Gasteiger partial charge in [-0.2, -0.15) is 0 Å². The van der Waals surface area contributed by atoms with E-state index in [1.807, 2.05) is 24.3 Å². The standard InChI is InChI=1S/C20H19FN4O2/c1-2-13-4-3-5-16(10-13)22-20(26)19-17-12-27-18(11-25(17)24-23-19)14-6-8-15(21)9-7-14/h3-10,18H,2,11-12H2,1H3,(H,22,26)/t18-/m0/s1. The Hall–Kier alpha value is -3.06. The van der Waals surface area contributed by atoms with E-state index in [0.29, 0.717) is 12.2 Å². The molecule has 3 aromatic rings. The third kappa shape index (κ3) is 3.59. The minimum atomic E-state index is -0.312. The second kappa shape index (κ2) is 7.28. The topological polar surface area (TPSA) is 69.0 Å². The van der Waals surface area contributed by atoms with Crippen molar-refractivity contribution in [3.05, 3.63) is 76.9 Å². The molecule has 1 atom stereocenters. The lowest BCUT2D eigenvalue weighted by Crippen LogP contribution is -2.24. The number of anilines is 1. The number of rotatable bonds is 4. The van der Waals surface area contributed by atoms with Gasteiger partial charge in [0.25, 0.3) is 5.91 Å². The molecule has 2 heterocycles. The maximum absolute atomic E-state index is 13.1. The van der Waals surface area contributed by atoms with E-state index in [1.165, 1.54) is 12.1 Å². The molecule has 1 aliphatic heterocycles. The van der Waals surface area contributed by atoms with Crippen LogP contribution in [0.4, 0.5) is 10.1 Å². The number of nitrogens with zero attached hydrogens (tertiary/aromatic N) is 3. The lowest BCUT2D eigenvalue weighted by atomic mass is 10.1. The van der Waals surface area contributed by atoms with Crippen molar-refractivity contribution in [3.8, 4) is 0 Å². The van der Waals surface area contributed by atoms with Gasteiger partial charge in [-0.15, -0.1) is 5.10 Å². The summed E-state index contributed by atoms with van der Waals surface area (Å²) >= 11 is 0. The van der Waals surface area contributed by atoms with Crippen molar-refractivity contribution in [2.24, 2.45) is 0 Å². The van der Waals surface area contributed by atoms with E-state index in [-0.39, 0.29) is 30.1 Å². The second-order valence-corrected chi connectivity index (χ2v) is 6.43. The van der Waals surface area contributed by atoms with Gasteiger partial charge < -0.3 is 10.1 Å². The van der Waals surface area contributed by atoms with Crippen molar-refractivity contribution in [3.63, 3.8) is 0 Å². The van der Waals surface area contributed by atoms with Gasteiger partial charge in [0.05, 0.1) is 18.8 Å². The molecule has 1 amide bonds. The zero-order valence-electron chi connectivity index (χ0n) is 14.9. The summed E-state index contributed by atoms with van der Waals surface area (Å²) in [6.45, 7) is 2.70. The van der Waals surface area contributed by atoms with E-state index in [4.69, 9.17) is 4.74 Å². The van der Waals surface area contributed by atoms with Crippen LogP contribution in [0.5, 0.6) is 0 Å². The Morgan fingerprint density at radius 2 is 2.11 bits per heavy atom. The maximum Gasteiger partial charge on any atom is 0.278 e. The normalized spacial score (nSPS) is 16.0. The first-order valence-electron chi connectivity index (χ1n) is 8.83. The van der Waals surface area contributed by atoms with Gasteiger partial charge in [0.2, 0.25) is 0 Å². The monoisotopic (exact) mass is 366 g/mol. The third-order valence-corrected chi connectivity index (χ3v) is 4.65. The Balaban J connectivity index is 1.50. The largest absolute Gasteiger partial charge is 0.365 e. The Kier molecular flexibility index (Phi) is 4.68. The van der Waals surface area contributed by atoms with Gasteiger partial charge >= 0.3 is 0 Å². The fourth-order valence-corrected chi connectivity index (χ4v) is 3.13. The van der Waals surface area contributed by atoms with Crippen molar-refractivity contribution >= 4 is 11.6 Å². The number of nitrogens with one attached hydrogen (secondary N) is 1. The number of amides is 1. The molecule has 4 rings (SSSR count). The van der Waals surface area contributed by atoms with Crippen LogP contribution in [-0.4, -0.2) is 20.9 Å². The van der Waals surface area contributed by atoms with Gasteiger partial charge in [-0.1, -0.05) is 36.4 Å². The maximum atomic E-state index is 13.1. The molecule has 0 spiro atoms. The van der Waals surface area contributed by atoms with Crippen LogP contribution in [0.25, 0.3) is 0 Å². The zero-order chi connectivity index (χ0) is 18.8. The van der Waals surface area contributed by atoms with Gasteiger partial charge in [0, 0.05) is 5.69 Å². The van der Waals surface area contributed by atoms with Crippen LogP contribution in [0.15, 0.2) is 48.5 Å². The highest BCUT2D eigenvalue weighted by molar-refractivity contribution is 6.03. The highest BCUT2D eigenvalue weighted by atomic mass is 19.1. The molecule has 138 valence electrons. The molecule has 1 N–H and O–H groups in total. The van der Waals surface area contributed by atoms with Gasteiger partial charge in [0.1, 0.15) is 11.9 Å². The Morgan fingerprint density at radius 1 is 1.30 bits per heavy atom. The van der Waals surface area contributed by atoms with Gasteiger partial charge in [-0.05, 0) is 41.8 Å². The third-order valence-electron chi connectivity index (χ3n) is 4.65. The van der Waals surface area contributed by atoms with Gasteiger partial charge in [0.15, 0.2) is 5.69 Å². The molecular weight excluding hydrogens is 347 g/mol. The average Bonchev–Trinajstić information content (AvgIpc) is 3.12.